The normalized spacial score (nSPS) is 12.1. The van der Waals surface area contributed by atoms with Crippen LogP contribution < -0.4 is 5.32 Å². The summed E-state index contributed by atoms with van der Waals surface area (Å²) in [7, 11) is 3.24. The van der Waals surface area contributed by atoms with Crippen molar-refractivity contribution in [3.8, 4) is 0 Å². The second-order valence-electron chi connectivity index (χ2n) is 5.83. The Morgan fingerprint density at radius 2 is 2.12 bits per heavy atom. The zero-order chi connectivity index (χ0) is 17.7. The van der Waals surface area contributed by atoms with Crippen molar-refractivity contribution in [2.75, 3.05) is 32.6 Å². The Hall–Kier alpha value is -2.54. The largest absolute Gasteiger partial charge is 0.481 e. The number of aromatic nitrogens is 1. The van der Waals surface area contributed by atoms with Gasteiger partial charge in [0.25, 0.3) is 0 Å². The van der Waals surface area contributed by atoms with Crippen molar-refractivity contribution < 1.29 is 19.4 Å². The van der Waals surface area contributed by atoms with E-state index in [-0.39, 0.29) is 12.6 Å². The summed E-state index contributed by atoms with van der Waals surface area (Å²) in [5.41, 5.74) is 1.67. The molecular weight excluding hydrogens is 310 g/mol. The van der Waals surface area contributed by atoms with Gasteiger partial charge >= 0.3 is 12.0 Å². The minimum absolute atomic E-state index is 0.146. The van der Waals surface area contributed by atoms with E-state index < -0.39 is 11.9 Å². The predicted molar refractivity (Wildman–Crippen MR) is 92.3 cm³/mol. The molecule has 0 aliphatic rings. The maximum absolute atomic E-state index is 12.2. The lowest BCUT2D eigenvalue weighted by Crippen LogP contribution is -2.36. The van der Waals surface area contributed by atoms with E-state index in [1.54, 1.807) is 21.1 Å². The summed E-state index contributed by atoms with van der Waals surface area (Å²) < 4.78 is 7.16. The fourth-order valence-electron chi connectivity index (χ4n) is 2.44. The molecule has 0 saturated heterocycles. The molecule has 0 saturated carbocycles. The van der Waals surface area contributed by atoms with Crippen molar-refractivity contribution in [1.82, 2.24) is 9.47 Å². The number of aliphatic carboxylic acids is 1. The standard InChI is InChI=1S/C17H23N3O4/c1-12(16(21)22)11-19(2)17(23)18-14-5-4-13-6-7-20(8-9-24-3)15(13)10-14/h4-7,10,12H,8-9,11H2,1-3H3,(H,18,23)(H,21,22). The number of benzene rings is 1. The maximum Gasteiger partial charge on any atom is 0.321 e. The number of fused-ring (bicyclic) bond motifs is 1. The Bertz CT molecular complexity index is 726. The number of carbonyl (C=O) groups is 2. The smallest absolute Gasteiger partial charge is 0.321 e. The van der Waals surface area contributed by atoms with Gasteiger partial charge in [0.2, 0.25) is 0 Å². The van der Waals surface area contributed by atoms with E-state index in [9.17, 15) is 9.59 Å². The van der Waals surface area contributed by atoms with Crippen LogP contribution in [-0.2, 0) is 16.1 Å². The topological polar surface area (TPSA) is 83.8 Å². The number of ether oxygens (including phenoxy) is 1. The van der Waals surface area contributed by atoms with Gasteiger partial charge in [-0.3, -0.25) is 4.79 Å². The number of nitrogens with zero attached hydrogens (tertiary/aromatic N) is 2. The first-order chi connectivity index (χ1) is 11.4. The Labute approximate surface area is 140 Å². The predicted octanol–water partition coefficient (Wildman–Crippen LogP) is 2.47. The number of carboxylic acid groups (broad SMARTS) is 1. The maximum atomic E-state index is 12.2. The molecule has 0 bridgehead atoms. The van der Waals surface area contributed by atoms with Crippen LogP contribution in [0.1, 0.15) is 6.92 Å². The number of urea groups is 1. The van der Waals surface area contributed by atoms with Gasteiger partial charge in [-0.1, -0.05) is 13.0 Å². The minimum atomic E-state index is -0.924. The van der Waals surface area contributed by atoms with Crippen LogP contribution >= 0.6 is 0 Å². The molecule has 7 heteroatoms. The Morgan fingerprint density at radius 1 is 1.38 bits per heavy atom. The second-order valence-corrected chi connectivity index (χ2v) is 5.83. The lowest BCUT2D eigenvalue weighted by Gasteiger charge is -2.20. The molecule has 1 aromatic carbocycles. The van der Waals surface area contributed by atoms with Crippen molar-refractivity contribution >= 4 is 28.6 Å². The van der Waals surface area contributed by atoms with Gasteiger partial charge in [-0.05, 0) is 23.6 Å². The number of amides is 2. The summed E-state index contributed by atoms with van der Waals surface area (Å²) in [5.74, 6) is -1.54. The molecule has 0 aliphatic carbocycles. The van der Waals surface area contributed by atoms with E-state index in [4.69, 9.17) is 9.84 Å². The average Bonchev–Trinajstić information content (AvgIpc) is 2.94. The lowest BCUT2D eigenvalue weighted by molar-refractivity contribution is -0.141. The summed E-state index contributed by atoms with van der Waals surface area (Å²) in [6.45, 7) is 3.05. The number of carbonyl (C=O) groups excluding carboxylic acids is 1. The van der Waals surface area contributed by atoms with E-state index in [1.165, 1.54) is 4.90 Å². The van der Waals surface area contributed by atoms with Gasteiger partial charge in [0, 0.05) is 39.1 Å². The zero-order valence-electron chi connectivity index (χ0n) is 14.2. The molecule has 0 spiro atoms. The van der Waals surface area contributed by atoms with Gasteiger partial charge in [-0.25, -0.2) is 4.79 Å². The van der Waals surface area contributed by atoms with Crippen LogP contribution in [0.3, 0.4) is 0 Å². The molecule has 2 rings (SSSR count). The van der Waals surface area contributed by atoms with Gasteiger partial charge in [-0.15, -0.1) is 0 Å². The highest BCUT2D eigenvalue weighted by Gasteiger charge is 2.17. The van der Waals surface area contributed by atoms with Gasteiger partial charge < -0.3 is 24.6 Å². The first kappa shape index (κ1) is 17.8. The van der Waals surface area contributed by atoms with Crippen LogP contribution in [0.4, 0.5) is 10.5 Å². The number of methoxy groups -OCH3 is 1. The molecule has 1 unspecified atom stereocenters. The fraction of sp³-hybridized carbons (Fsp3) is 0.412. The van der Waals surface area contributed by atoms with Gasteiger partial charge in [-0.2, -0.15) is 0 Å². The van der Waals surface area contributed by atoms with Crippen molar-refractivity contribution in [2.24, 2.45) is 5.92 Å². The van der Waals surface area contributed by atoms with Crippen LogP contribution in [0.5, 0.6) is 0 Å². The van der Waals surface area contributed by atoms with Gasteiger partial charge in [0.05, 0.1) is 18.0 Å². The van der Waals surface area contributed by atoms with Crippen LogP contribution in [0.2, 0.25) is 0 Å². The van der Waals surface area contributed by atoms with Gasteiger partial charge in [0.1, 0.15) is 0 Å². The van der Waals surface area contributed by atoms with Crippen molar-refractivity contribution in [2.45, 2.75) is 13.5 Å². The quantitative estimate of drug-likeness (QED) is 0.815. The van der Waals surface area contributed by atoms with E-state index >= 15 is 0 Å². The molecule has 0 radical (unpaired) electrons. The summed E-state index contributed by atoms with van der Waals surface area (Å²) in [6, 6.07) is 7.34. The van der Waals surface area contributed by atoms with Gasteiger partial charge in [0.15, 0.2) is 0 Å². The molecular formula is C17H23N3O4. The monoisotopic (exact) mass is 333 g/mol. The van der Waals surface area contributed by atoms with E-state index in [1.807, 2.05) is 30.5 Å². The van der Waals surface area contributed by atoms with E-state index in [0.29, 0.717) is 12.3 Å². The van der Waals surface area contributed by atoms with Crippen LogP contribution in [-0.4, -0.2) is 53.9 Å². The Morgan fingerprint density at radius 3 is 2.79 bits per heavy atom. The van der Waals surface area contributed by atoms with E-state index in [0.717, 1.165) is 17.4 Å². The molecule has 1 atom stereocenters. The summed E-state index contributed by atoms with van der Waals surface area (Å²) in [4.78, 5) is 24.4. The molecule has 130 valence electrons. The number of hydrogen-bond donors (Lipinski definition) is 2. The number of hydrogen-bond acceptors (Lipinski definition) is 3. The molecule has 1 heterocycles. The highest BCUT2D eigenvalue weighted by atomic mass is 16.5. The number of nitrogens with one attached hydrogen (secondary N) is 1. The first-order valence-corrected chi connectivity index (χ1v) is 7.75. The molecule has 7 nitrogen and oxygen atoms in total. The first-order valence-electron chi connectivity index (χ1n) is 7.75. The number of anilines is 1. The molecule has 2 N–H and O–H groups in total. The highest BCUT2D eigenvalue weighted by Crippen LogP contribution is 2.21. The zero-order valence-corrected chi connectivity index (χ0v) is 14.2. The molecule has 0 fully saturated rings. The van der Waals surface area contributed by atoms with Crippen LogP contribution in [0.25, 0.3) is 10.9 Å². The average molecular weight is 333 g/mol. The Kier molecular flexibility index (Phi) is 5.81. The van der Waals surface area contributed by atoms with Crippen LogP contribution in [0.15, 0.2) is 30.5 Å². The van der Waals surface area contributed by atoms with E-state index in [2.05, 4.69) is 9.88 Å². The van der Waals surface area contributed by atoms with Crippen molar-refractivity contribution in [3.63, 3.8) is 0 Å². The molecule has 2 amide bonds. The number of rotatable bonds is 7. The number of carboxylic acids is 1. The molecule has 24 heavy (non-hydrogen) atoms. The molecule has 1 aromatic heterocycles. The lowest BCUT2D eigenvalue weighted by atomic mass is 10.2. The Balaban J connectivity index is 2.08. The molecule has 2 aromatic rings. The summed E-state index contributed by atoms with van der Waals surface area (Å²) >= 11 is 0. The second kappa shape index (κ2) is 7.83. The third kappa shape index (κ3) is 4.26. The van der Waals surface area contributed by atoms with Crippen molar-refractivity contribution in [1.29, 1.82) is 0 Å². The third-order valence-corrected chi connectivity index (χ3v) is 3.88. The minimum Gasteiger partial charge on any atom is -0.481 e. The van der Waals surface area contributed by atoms with Crippen LogP contribution in [0, 0.1) is 5.92 Å². The summed E-state index contributed by atoms with van der Waals surface area (Å²) in [5, 5.41) is 12.8. The molecule has 0 aliphatic heterocycles. The third-order valence-electron chi connectivity index (χ3n) is 3.88. The SMILES string of the molecule is COCCn1ccc2ccc(NC(=O)N(C)CC(C)C(=O)O)cc21. The highest BCUT2D eigenvalue weighted by molar-refractivity contribution is 5.93. The summed E-state index contributed by atoms with van der Waals surface area (Å²) in [6.07, 6.45) is 1.98. The van der Waals surface area contributed by atoms with Crippen molar-refractivity contribution in [3.05, 3.63) is 30.5 Å². The fourth-order valence-corrected chi connectivity index (χ4v) is 2.44.